The lowest BCUT2D eigenvalue weighted by Crippen LogP contribution is -2.36. The first-order chi connectivity index (χ1) is 6.56. The van der Waals surface area contributed by atoms with Crippen molar-refractivity contribution in [3.63, 3.8) is 0 Å². The fourth-order valence-corrected chi connectivity index (χ4v) is 1.20. The van der Waals surface area contributed by atoms with Crippen LogP contribution in [-0.2, 0) is 15.0 Å². The van der Waals surface area contributed by atoms with Crippen molar-refractivity contribution in [2.75, 3.05) is 6.54 Å². The Morgan fingerprint density at radius 3 is 2.86 bits per heavy atom. The van der Waals surface area contributed by atoms with E-state index in [-0.39, 0.29) is 11.7 Å². The molecule has 1 heterocycles. The van der Waals surface area contributed by atoms with Gasteiger partial charge < -0.3 is 10.3 Å². The molecule has 0 aromatic carbocycles. The summed E-state index contributed by atoms with van der Waals surface area (Å²) in [4.78, 5) is 23.8. The molecular weight excluding hydrogens is 180 g/mol. The van der Waals surface area contributed by atoms with Crippen LogP contribution < -0.4 is 5.32 Å². The second kappa shape index (κ2) is 4.09. The van der Waals surface area contributed by atoms with Crippen LogP contribution in [0.5, 0.6) is 0 Å². The van der Waals surface area contributed by atoms with Crippen molar-refractivity contribution in [1.29, 1.82) is 0 Å². The molecule has 0 unspecified atom stereocenters. The van der Waals surface area contributed by atoms with Gasteiger partial charge in [-0.25, -0.2) is 0 Å². The maximum Gasteiger partial charge on any atom is 0.284 e. The maximum atomic E-state index is 10.7. The third-order valence-corrected chi connectivity index (χ3v) is 2.19. The second-order valence-electron chi connectivity index (χ2n) is 3.82. The summed E-state index contributed by atoms with van der Waals surface area (Å²) in [6.07, 6.45) is 4.00. The molecule has 0 aliphatic carbocycles. The number of hydrogen-bond acceptors (Lipinski definition) is 2. The molecule has 14 heavy (non-hydrogen) atoms. The van der Waals surface area contributed by atoms with E-state index in [1.165, 1.54) is 0 Å². The third kappa shape index (κ3) is 2.45. The SMILES string of the molecule is CC(C)(CNC(=O)C=O)c1cc[nH]c1. The smallest absolute Gasteiger partial charge is 0.284 e. The number of rotatable bonds is 4. The number of amides is 1. The molecule has 1 amide bonds. The number of carbonyl (C=O) groups is 2. The Morgan fingerprint density at radius 2 is 2.36 bits per heavy atom. The van der Waals surface area contributed by atoms with Crippen molar-refractivity contribution in [2.24, 2.45) is 0 Å². The monoisotopic (exact) mass is 194 g/mol. The number of aromatic amines is 1. The summed E-state index contributed by atoms with van der Waals surface area (Å²) >= 11 is 0. The quantitative estimate of drug-likeness (QED) is 0.545. The van der Waals surface area contributed by atoms with Crippen LogP contribution >= 0.6 is 0 Å². The molecule has 0 aliphatic heterocycles. The molecule has 76 valence electrons. The fourth-order valence-electron chi connectivity index (χ4n) is 1.20. The Labute approximate surface area is 82.7 Å². The van der Waals surface area contributed by atoms with Gasteiger partial charge in [-0.05, 0) is 11.6 Å². The highest BCUT2D eigenvalue weighted by Gasteiger charge is 2.21. The Morgan fingerprint density at radius 1 is 1.64 bits per heavy atom. The average Bonchev–Trinajstić information content (AvgIpc) is 2.67. The van der Waals surface area contributed by atoms with Crippen LogP contribution in [0.2, 0.25) is 0 Å². The standard InChI is InChI=1S/C10H14N2O2/c1-10(2,7-12-9(14)6-13)8-3-4-11-5-8/h3-6,11H,7H2,1-2H3,(H,12,14). The van der Waals surface area contributed by atoms with Crippen LogP contribution in [0.25, 0.3) is 0 Å². The molecule has 0 aliphatic rings. The zero-order chi connectivity index (χ0) is 10.6. The van der Waals surface area contributed by atoms with Crippen LogP contribution in [0.4, 0.5) is 0 Å². The van der Waals surface area contributed by atoms with Gasteiger partial charge in [0, 0.05) is 24.4 Å². The number of carbonyl (C=O) groups excluding carboxylic acids is 2. The van der Waals surface area contributed by atoms with Gasteiger partial charge >= 0.3 is 0 Å². The predicted octanol–water partition coefficient (Wildman–Crippen LogP) is 0.607. The molecule has 0 fully saturated rings. The molecule has 0 spiro atoms. The highest BCUT2D eigenvalue weighted by atomic mass is 16.2. The summed E-state index contributed by atoms with van der Waals surface area (Å²) in [6.45, 7) is 4.45. The van der Waals surface area contributed by atoms with E-state index in [1.807, 2.05) is 32.3 Å². The first-order valence-corrected chi connectivity index (χ1v) is 4.42. The van der Waals surface area contributed by atoms with Gasteiger partial charge in [-0.1, -0.05) is 13.8 Å². The van der Waals surface area contributed by atoms with Gasteiger partial charge in [0.2, 0.25) is 6.29 Å². The number of nitrogens with one attached hydrogen (secondary N) is 2. The van der Waals surface area contributed by atoms with Crippen molar-refractivity contribution in [1.82, 2.24) is 10.3 Å². The van der Waals surface area contributed by atoms with Gasteiger partial charge in [-0.15, -0.1) is 0 Å². The van der Waals surface area contributed by atoms with Gasteiger partial charge in [0.05, 0.1) is 0 Å². The van der Waals surface area contributed by atoms with Crippen LogP contribution in [0.1, 0.15) is 19.4 Å². The predicted molar refractivity (Wildman–Crippen MR) is 52.9 cm³/mol. The lowest BCUT2D eigenvalue weighted by atomic mass is 9.86. The molecule has 4 heteroatoms. The normalized spacial score (nSPS) is 11.0. The maximum absolute atomic E-state index is 10.7. The van der Waals surface area contributed by atoms with Crippen molar-refractivity contribution in [3.05, 3.63) is 24.0 Å². The lowest BCUT2D eigenvalue weighted by Gasteiger charge is -2.23. The van der Waals surface area contributed by atoms with E-state index in [0.29, 0.717) is 6.54 Å². The topological polar surface area (TPSA) is 62.0 Å². The van der Waals surface area contributed by atoms with E-state index >= 15 is 0 Å². The van der Waals surface area contributed by atoms with E-state index in [0.717, 1.165) is 5.56 Å². The summed E-state index contributed by atoms with van der Waals surface area (Å²) in [7, 11) is 0. The summed E-state index contributed by atoms with van der Waals surface area (Å²) in [5.41, 5.74) is 0.933. The summed E-state index contributed by atoms with van der Waals surface area (Å²) < 4.78 is 0. The minimum absolute atomic E-state index is 0.168. The molecule has 4 nitrogen and oxygen atoms in total. The van der Waals surface area contributed by atoms with Gasteiger partial charge in [0.15, 0.2) is 0 Å². The van der Waals surface area contributed by atoms with E-state index in [9.17, 15) is 9.59 Å². The van der Waals surface area contributed by atoms with Crippen LogP contribution in [0, 0.1) is 0 Å². The molecule has 1 rings (SSSR count). The summed E-state index contributed by atoms with van der Waals surface area (Å²) in [6, 6.07) is 1.95. The molecule has 0 atom stereocenters. The third-order valence-electron chi connectivity index (χ3n) is 2.19. The lowest BCUT2D eigenvalue weighted by molar-refractivity contribution is -0.131. The summed E-state index contributed by atoms with van der Waals surface area (Å²) in [5, 5.41) is 2.54. The Hall–Kier alpha value is -1.58. The number of aromatic nitrogens is 1. The largest absolute Gasteiger partial charge is 0.367 e. The zero-order valence-electron chi connectivity index (χ0n) is 8.33. The number of aldehydes is 1. The van der Waals surface area contributed by atoms with Crippen LogP contribution in [0.3, 0.4) is 0 Å². The minimum atomic E-state index is -0.575. The van der Waals surface area contributed by atoms with Gasteiger partial charge in [0.25, 0.3) is 5.91 Å². The molecule has 1 aromatic rings. The highest BCUT2D eigenvalue weighted by Crippen LogP contribution is 2.21. The number of H-pyrrole nitrogens is 1. The Balaban J connectivity index is 2.59. The van der Waals surface area contributed by atoms with Gasteiger partial charge in [-0.2, -0.15) is 0 Å². The highest BCUT2D eigenvalue weighted by molar-refractivity contribution is 6.23. The molecule has 1 aromatic heterocycles. The molecule has 0 bridgehead atoms. The van der Waals surface area contributed by atoms with Crippen molar-refractivity contribution < 1.29 is 9.59 Å². The Kier molecular flexibility index (Phi) is 3.06. The van der Waals surface area contributed by atoms with E-state index in [1.54, 1.807) is 0 Å². The van der Waals surface area contributed by atoms with E-state index < -0.39 is 5.91 Å². The molecule has 0 saturated carbocycles. The second-order valence-corrected chi connectivity index (χ2v) is 3.82. The fraction of sp³-hybridized carbons (Fsp3) is 0.400. The molecule has 0 saturated heterocycles. The zero-order valence-corrected chi connectivity index (χ0v) is 8.33. The van der Waals surface area contributed by atoms with Gasteiger partial charge in [-0.3, -0.25) is 9.59 Å². The van der Waals surface area contributed by atoms with E-state index in [2.05, 4.69) is 10.3 Å². The van der Waals surface area contributed by atoms with Crippen molar-refractivity contribution in [2.45, 2.75) is 19.3 Å². The van der Waals surface area contributed by atoms with Crippen LogP contribution in [0.15, 0.2) is 18.5 Å². The molecule has 0 radical (unpaired) electrons. The Bertz CT molecular complexity index is 315. The van der Waals surface area contributed by atoms with Crippen molar-refractivity contribution in [3.8, 4) is 0 Å². The average molecular weight is 194 g/mol. The van der Waals surface area contributed by atoms with Crippen LogP contribution in [-0.4, -0.2) is 23.7 Å². The van der Waals surface area contributed by atoms with Gasteiger partial charge in [0.1, 0.15) is 0 Å². The number of hydrogen-bond donors (Lipinski definition) is 2. The first kappa shape index (κ1) is 10.5. The summed E-state index contributed by atoms with van der Waals surface area (Å²) in [5.74, 6) is -0.575. The minimum Gasteiger partial charge on any atom is -0.367 e. The molecular formula is C10H14N2O2. The first-order valence-electron chi connectivity index (χ1n) is 4.42. The van der Waals surface area contributed by atoms with E-state index in [4.69, 9.17) is 0 Å². The van der Waals surface area contributed by atoms with Crippen molar-refractivity contribution >= 4 is 12.2 Å². The molecule has 2 N–H and O–H groups in total.